The van der Waals surface area contributed by atoms with Crippen LogP contribution in [0.3, 0.4) is 0 Å². The summed E-state index contributed by atoms with van der Waals surface area (Å²) in [6, 6.07) is 13.2. The molecule has 0 aromatic heterocycles. The Bertz CT molecular complexity index is 850. The van der Waals surface area contributed by atoms with Gasteiger partial charge in [-0.3, -0.25) is 19.8 Å². The Labute approximate surface area is 162 Å². The molecule has 3 rings (SSSR count). The number of carbonyl (C=O) groups is 1. The Morgan fingerprint density at radius 1 is 1.25 bits per heavy atom. The number of aliphatic hydroxyl groups is 1. The molecule has 8 nitrogen and oxygen atoms in total. The standard InChI is InChI=1S/C20H22N4O4/c25-19-2-1-11-23(14-19)13-16-3-7-17(8-4-16)20(26)22-21-12-15-5-9-18(10-6-15)24(27)28/h3-10,12,19,25H,1-2,11,13-14H2,(H,22,26)/b21-12+. The van der Waals surface area contributed by atoms with Gasteiger partial charge in [0.15, 0.2) is 0 Å². The summed E-state index contributed by atoms with van der Waals surface area (Å²) < 4.78 is 0. The van der Waals surface area contributed by atoms with Gasteiger partial charge in [0, 0.05) is 30.8 Å². The maximum Gasteiger partial charge on any atom is 0.271 e. The highest BCUT2D eigenvalue weighted by Crippen LogP contribution is 2.14. The van der Waals surface area contributed by atoms with Gasteiger partial charge in [-0.05, 0) is 54.8 Å². The summed E-state index contributed by atoms with van der Waals surface area (Å²) in [6.07, 6.45) is 3.02. The van der Waals surface area contributed by atoms with Crippen LogP contribution in [0.4, 0.5) is 5.69 Å². The highest BCUT2D eigenvalue weighted by Gasteiger charge is 2.17. The number of carbonyl (C=O) groups excluding carboxylic acids is 1. The molecule has 0 spiro atoms. The van der Waals surface area contributed by atoms with Gasteiger partial charge >= 0.3 is 0 Å². The molecule has 1 unspecified atom stereocenters. The van der Waals surface area contributed by atoms with Crippen LogP contribution in [0.25, 0.3) is 0 Å². The van der Waals surface area contributed by atoms with Crippen LogP contribution in [0.1, 0.15) is 34.3 Å². The van der Waals surface area contributed by atoms with Crippen molar-refractivity contribution in [3.63, 3.8) is 0 Å². The van der Waals surface area contributed by atoms with E-state index in [9.17, 15) is 20.0 Å². The van der Waals surface area contributed by atoms with E-state index in [1.165, 1.54) is 18.3 Å². The third-order valence-corrected chi connectivity index (χ3v) is 4.59. The molecule has 1 aliphatic rings. The first-order valence-electron chi connectivity index (χ1n) is 9.08. The summed E-state index contributed by atoms with van der Waals surface area (Å²) in [6.45, 7) is 2.40. The van der Waals surface area contributed by atoms with E-state index in [2.05, 4.69) is 15.4 Å². The molecule has 2 aromatic rings. The van der Waals surface area contributed by atoms with Gasteiger partial charge in [-0.15, -0.1) is 0 Å². The Kier molecular flexibility index (Phi) is 6.46. The van der Waals surface area contributed by atoms with Crippen LogP contribution in [0.5, 0.6) is 0 Å². The molecule has 1 fully saturated rings. The number of aliphatic hydroxyl groups excluding tert-OH is 1. The summed E-state index contributed by atoms with van der Waals surface area (Å²) in [4.78, 5) is 24.5. The average molecular weight is 382 g/mol. The number of hydrazone groups is 1. The zero-order valence-corrected chi connectivity index (χ0v) is 15.3. The van der Waals surface area contributed by atoms with Crippen molar-refractivity contribution in [1.82, 2.24) is 10.3 Å². The van der Waals surface area contributed by atoms with Crippen molar-refractivity contribution in [1.29, 1.82) is 0 Å². The van der Waals surface area contributed by atoms with Gasteiger partial charge in [-0.2, -0.15) is 5.10 Å². The fourth-order valence-corrected chi connectivity index (χ4v) is 3.11. The van der Waals surface area contributed by atoms with E-state index in [-0.39, 0.29) is 17.7 Å². The van der Waals surface area contributed by atoms with Crippen molar-refractivity contribution < 1.29 is 14.8 Å². The topological polar surface area (TPSA) is 108 Å². The maximum absolute atomic E-state index is 12.2. The number of piperidine rings is 1. The smallest absolute Gasteiger partial charge is 0.271 e. The zero-order chi connectivity index (χ0) is 19.9. The number of nitro benzene ring substituents is 1. The van der Waals surface area contributed by atoms with Crippen molar-refractivity contribution in [2.75, 3.05) is 13.1 Å². The van der Waals surface area contributed by atoms with Gasteiger partial charge in [-0.1, -0.05) is 12.1 Å². The van der Waals surface area contributed by atoms with Gasteiger partial charge in [0.1, 0.15) is 0 Å². The highest BCUT2D eigenvalue weighted by atomic mass is 16.6. The molecule has 0 saturated carbocycles. The molecule has 0 bridgehead atoms. The molecular weight excluding hydrogens is 360 g/mol. The van der Waals surface area contributed by atoms with Crippen molar-refractivity contribution in [3.8, 4) is 0 Å². The number of hydrogen-bond acceptors (Lipinski definition) is 6. The van der Waals surface area contributed by atoms with Gasteiger partial charge in [0.05, 0.1) is 17.2 Å². The average Bonchev–Trinajstić information content (AvgIpc) is 2.69. The second-order valence-electron chi connectivity index (χ2n) is 6.78. The van der Waals surface area contributed by atoms with E-state index in [1.54, 1.807) is 24.3 Å². The minimum atomic E-state index is -0.472. The minimum Gasteiger partial charge on any atom is -0.392 e. The van der Waals surface area contributed by atoms with Crippen LogP contribution in [0, 0.1) is 10.1 Å². The summed E-state index contributed by atoms with van der Waals surface area (Å²) in [5, 5.41) is 24.2. The van der Waals surface area contributed by atoms with Crippen LogP contribution in [-0.4, -0.2) is 46.2 Å². The first-order chi connectivity index (χ1) is 13.5. The molecule has 1 atom stereocenters. The molecule has 1 saturated heterocycles. The summed E-state index contributed by atoms with van der Waals surface area (Å²) in [5.74, 6) is -0.335. The Balaban J connectivity index is 1.52. The van der Waals surface area contributed by atoms with E-state index in [4.69, 9.17) is 0 Å². The SMILES string of the molecule is O=C(N/N=C/c1ccc([N+](=O)[O-])cc1)c1ccc(CN2CCCC(O)C2)cc1. The third kappa shape index (κ3) is 5.45. The molecule has 8 heteroatoms. The van der Waals surface area contributed by atoms with Gasteiger partial charge in [-0.25, -0.2) is 5.43 Å². The molecule has 1 amide bonds. The van der Waals surface area contributed by atoms with E-state index in [0.717, 1.165) is 31.5 Å². The van der Waals surface area contributed by atoms with E-state index in [1.807, 2.05) is 12.1 Å². The Hall–Kier alpha value is -3.10. The van der Waals surface area contributed by atoms with E-state index >= 15 is 0 Å². The van der Waals surface area contributed by atoms with Crippen molar-refractivity contribution in [2.24, 2.45) is 5.10 Å². The first kappa shape index (κ1) is 19.7. The van der Waals surface area contributed by atoms with Crippen LogP contribution in [0.2, 0.25) is 0 Å². The fourth-order valence-electron chi connectivity index (χ4n) is 3.11. The second kappa shape index (κ2) is 9.20. The molecule has 0 radical (unpaired) electrons. The largest absolute Gasteiger partial charge is 0.392 e. The lowest BCUT2D eigenvalue weighted by atomic mass is 10.1. The maximum atomic E-state index is 12.2. The predicted octanol–water partition coefficient (Wildman–Crippen LogP) is 2.32. The second-order valence-corrected chi connectivity index (χ2v) is 6.78. The van der Waals surface area contributed by atoms with Crippen LogP contribution >= 0.6 is 0 Å². The van der Waals surface area contributed by atoms with Crippen molar-refractivity contribution >= 4 is 17.8 Å². The monoisotopic (exact) mass is 382 g/mol. The first-order valence-corrected chi connectivity index (χ1v) is 9.08. The number of rotatable bonds is 6. The zero-order valence-electron chi connectivity index (χ0n) is 15.3. The molecule has 1 aliphatic heterocycles. The normalized spacial score (nSPS) is 17.5. The summed E-state index contributed by atoms with van der Waals surface area (Å²) in [7, 11) is 0. The van der Waals surface area contributed by atoms with Crippen molar-refractivity contribution in [2.45, 2.75) is 25.5 Å². The molecule has 2 N–H and O–H groups in total. The third-order valence-electron chi connectivity index (χ3n) is 4.59. The number of nitro groups is 1. The minimum absolute atomic E-state index is 0.000313. The Morgan fingerprint density at radius 3 is 2.61 bits per heavy atom. The van der Waals surface area contributed by atoms with Gasteiger partial charge in [0.25, 0.3) is 11.6 Å². The van der Waals surface area contributed by atoms with Crippen LogP contribution in [-0.2, 0) is 6.54 Å². The number of nitrogens with zero attached hydrogens (tertiary/aromatic N) is 3. The molecule has 0 aliphatic carbocycles. The van der Waals surface area contributed by atoms with E-state index in [0.29, 0.717) is 17.7 Å². The fraction of sp³-hybridized carbons (Fsp3) is 0.300. The summed E-state index contributed by atoms with van der Waals surface area (Å²) >= 11 is 0. The lowest BCUT2D eigenvalue weighted by Gasteiger charge is -2.29. The predicted molar refractivity (Wildman–Crippen MR) is 105 cm³/mol. The number of nitrogens with one attached hydrogen (secondary N) is 1. The number of benzene rings is 2. The molecule has 28 heavy (non-hydrogen) atoms. The lowest BCUT2D eigenvalue weighted by molar-refractivity contribution is -0.384. The van der Waals surface area contributed by atoms with Crippen molar-refractivity contribution in [3.05, 3.63) is 75.3 Å². The van der Waals surface area contributed by atoms with Gasteiger partial charge < -0.3 is 5.11 Å². The van der Waals surface area contributed by atoms with Crippen LogP contribution < -0.4 is 5.43 Å². The number of hydrogen-bond donors (Lipinski definition) is 2. The molecule has 1 heterocycles. The molecule has 2 aromatic carbocycles. The number of non-ortho nitro benzene ring substituents is 1. The Morgan fingerprint density at radius 2 is 1.96 bits per heavy atom. The van der Waals surface area contributed by atoms with Crippen LogP contribution in [0.15, 0.2) is 53.6 Å². The van der Waals surface area contributed by atoms with E-state index < -0.39 is 4.92 Å². The summed E-state index contributed by atoms with van der Waals surface area (Å²) in [5.41, 5.74) is 4.66. The number of amides is 1. The highest BCUT2D eigenvalue weighted by molar-refractivity contribution is 5.94. The number of likely N-dealkylation sites (tertiary alicyclic amines) is 1. The molecular formula is C20H22N4O4. The number of β-amino-alcohol motifs (C(OH)–C–C–N with tert-alkyl or cyclic N) is 1. The molecule has 146 valence electrons. The lowest BCUT2D eigenvalue weighted by Crippen LogP contribution is -2.37. The quantitative estimate of drug-likeness (QED) is 0.453. The van der Waals surface area contributed by atoms with Gasteiger partial charge in [0.2, 0.25) is 0 Å².